The van der Waals surface area contributed by atoms with Crippen LogP contribution in [0.5, 0.6) is 0 Å². The molecule has 1 aliphatic rings. The molecule has 0 aromatic carbocycles. The fraction of sp³-hybridized carbons (Fsp3) is 0.909. The Balaban J connectivity index is 2.82. The van der Waals surface area contributed by atoms with E-state index in [0.29, 0.717) is 24.8 Å². The molecule has 1 fully saturated rings. The highest BCUT2D eigenvalue weighted by Gasteiger charge is 2.33. The number of rotatable bonds is 5. The molecule has 2 unspecified atom stereocenters. The van der Waals surface area contributed by atoms with Gasteiger partial charge in [0.25, 0.3) is 0 Å². The van der Waals surface area contributed by atoms with Gasteiger partial charge in [-0.3, -0.25) is 0 Å². The van der Waals surface area contributed by atoms with Gasteiger partial charge >= 0.3 is 0 Å². The quantitative estimate of drug-likeness (QED) is 0.782. The second kappa shape index (κ2) is 7.07. The molecule has 7 heteroatoms. The highest BCUT2D eigenvalue weighted by molar-refractivity contribution is 7.99. The van der Waals surface area contributed by atoms with E-state index in [2.05, 4.69) is 6.26 Å². The number of sulfonamides is 1. The van der Waals surface area contributed by atoms with Crippen molar-refractivity contribution >= 4 is 39.0 Å². The Morgan fingerprint density at radius 2 is 2.17 bits per heavy atom. The van der Waals surface area contributed by atoms with Gasteiger partial charge in [-0.05, 0) is 31.9 Å². The maximum Gasteiger partial charge on any atom is 0.223 e. The molecule has 1 rings (SSSR count). The molecule has 4 nitrogen and oxygen atoms in total. The van der Waals surface area contributed by atoms with Crippen molar-refractivity contribution in [3.8, 4) is 0 Å². The first-order valence-electron chi connectivity index (χ1n) is 6.24. The van der Waals surface area contributed by atoms with E-state index < -0.39 is 15.3 Å². The Morgan fingerprint density at radius 3 is 2.67 bits per heavy atom. The lowest BCUT2D eigenvalue weighted by molar-refractivity contribution is 0.420. The van der Waals surface area contributed by atoms with Gasteiger partial charge in [0.1, 0.15) is 5.25 Å². The van der Waals surface area contributed by atoms with Crippen molar-refractivity contribution in [2.75, 3.05) is 19.3 Å². The first-order valence-corrected chi connectivity index (χ1v) is 9.44. The molecule has 0 radical (unpaired) electrons. The summed E-state index contributed by atoms with van der Waals surface area (Å²) in [5.41, 5.74) is 5.55. The summed E-state index contributed by atoms with van der Waals surface area (Å²) in [6.07, 6.45) is 5.43. The molecule has 0 aromatic heterocycles. The highest BCUT2D eigenvalue weighted by Crippen LogP contribution is 2.24. The first-order chi connectivity index (χ1) is 8.43. The monoisotopic (exact) mass is 310 g/mol. The molecule has 0 bridgehead atoms. The number of hydrogen-bond acceptors (Lipinski definition) is 4. The van der Waals surface area contributed by atoms with Crippen molar-refractivity contribution in [1.29, 1.82) is 0 Å². The van der Waals surface area contributed by atoms with Gasteiger partial charge in [-0.2, -0.15) is 11.8 Å². The molecule has 1 heterocycles. The van der Waals surface area contributed by atoms with Crippen molar-refractivity contribution in [3.05, 3.63) is 0 Å². The average Bonchev–Trinajstić information content (AvgIpc) is 2.54. The van der Waals surface area contributed by atoms with E-state index in [-0.39, 0.29) is 4.99 Å². The predicted molar refractivity (Wildman–Crippen MR) is 82.5 cm³/mol. The molecule has 18 heavy (non-hydrogen) atoms. The van der Waals surface area contributed by atoms with Crippen LogP contribution >= 0.6 is 24.0 Å². The van der Waals surface area contributed by atoms with Crippen LogP contribution in [0, 0.1) is 0 Å². The Labute approximate surface area is 120 Å². The minimum Gasteiger partial charge on any atom is -0.392 e. The largest absolute Gasteiger partial charge is 0.392 e. The molecule has 1 saturated heterocycles. The lowest BCUT2D eigenvalue weighted by atomic mass is 10.2. The van der Waals surface area contributed by atoms with E-state index in [9.17, 15) is 8.42 Å². The van der Waals surface area contributed by atoms with E-state index in [0.717, 1.165) is 19.3 Å². The molecule has 0 spiro atoms. The molecule has 0 saturated carbocycles. The van der Waals surface area contributed by atoms with Crippen LogP contribution < -0.4 is 5.73 Å². The normalized spacial score (nSPS) is 24.4. The van der Waals surface area contributed by atoms with Crippen molar-refractivity contribution < 1.29 is 8.42 Å². The third kappa shape index (κ3) is 3.82. The summed E-state index contributed by atoms with van der Waals surface area (Å²) in [5.74, 6) is 0. The molecular formula is C11H22N2O2S3. The summed E-state index contributed by atoms with van der Waals surface area (Å²) in [5, 5.41) is -0.145. The van der Waals surface area contributed by atoms with E-state index in [1.807, 2.05) is 18.7 Å². The zero-order valence-electron chi connectivity index (χ0n) is 11.0. The lowest BCUT2D eigenvalue weighted by Gasteiger charge is -2.25. The fourth-order valence-corrected chi connectivity index (χ4v) is 5.36. The number of thioether (sulfide) groups is 1. The minimum atomic E-state index is -3.37. The van der Waals surface area contributed by atoms with Crippen molar-refractivity contribution in [2.45, 2.75) is 43.1 Å². The van der Waals surface area contributed by atoms with Crippen LogP contribution in [0.25, 0.3) is 0 Å². The van der Waals surface area contributed by atoms with Crippen molar-refractivity contribution in [1.82, 2.24) is 4.31 Å². The number of nitrogens with zero attached hydrogens (tertiary/aromatic N) is 1. The topological polar surface area (TPSA) is 63.4 Å². The van der Waals surface area contributed by atoms with E-state index >= 15 is 0 Å². The van der Waals surface area contributed by atoms with Gasteiger partial charge < -0.3 is 5.73 Å². The van der Waals surface area contributed by atoms with Crippen molar-refractivity contribution in [3.63, 3.8) is 0 Å². The zero-order valence-corrected chi connectivity index (χ0v) is 13.4. The van der Waals surface area contributed by atoms with Crippen LogP contribution in [0.15, 0.2) is 0 Å². The van der Waals surface area contributed by atoms with Gasteiger partial charge in [0.05, 0.1) is 4.99 Å². The SMILES string of the molecule is CCC(C(N)=S)S(=O)(=O)N1CCCC(SC)CC1. The molecule has 2 N–H and O–H groups in total. The Bertz CT molecular complexity index is 384. The average molecular weight is 311 g/mol. The summed E-state index contributed by atoms with van der Waals surface area (Å²) in [4.78, 5) is 0.0863. The van der Waals surface area contributed by atoms with Crippen LogP contribution in [-0.4, -0.2) is 47.6 Å². The number of nitrogens with two attached hydrogens (primary N) is 1. The Morgan fingerprint density at radius 1 is 1.50 bits per heavy atom. The summed E-state index contributed by atoms with van der Waals surface area (Å²) in [6.45, 7) is 3.00. The molecule has 2 atom stereocenters. The predicted octanol–water partition coefficient (Wildman–Crippen LogP) is 1.60. The molecule has 0 amide bonds. The smallest absolute Gasteiger partial charge is 0.223 e. The minimum absolute atomic E-state index is 0.0863. The highest BCUT2D eigenvalue weighted by atomic mass is 32.2. The summed E-state index contributed by atoms with van der Waals surface area (Å²) in [7, 11) is -3.37. The first kappa shape index (κ1) is 16.2. The summed E-state index contributed by atoms with van der Waals surface area (Å²) < 4.78 is 26.5. The number of hydrogen-bond donors (Lipinski definition) is 1. The molecule has 106 valence electrons. The molecule has 1 aliphatic heterocycles. The zero-order chi connectivity index (χ0) is 13.8. The summed E-state index contributed by atoms with van der Waals surface area (Å²) in [6, 6.07) is 0. The third-order valence-corrected chi connectivity index (χ3v) is 7.34. The Kier molecular flexibility index (Phi) is 6.37. The van der Waals surface area contributed by atoms with Gasteiger partial charge in [-0.15, -0.1) is 0 Å². The maximum absolute atomic E-state index is 12.5. The van der Waals surface area contributed by atoms with Gasteiger partial charge in [-0.25, -0.2) is 12.7 Å². The standard InChI is InChI=1S/C11H22N2O2S3/c1-3-10(11(12)16)18(14,15)13-7-4-5-9(17-2)6-8-13/h9-10H,3-8H2,1-2H3,(H2,12,16). The van der Waals surface area contributed by atoms with E-state index in [4.69, 9.17) is 18.0 Å². The summed E-state index contributed by atoms with van der Waals surface area (Å²) >= 11 is 6.70. The van der Waals surface area contributed by atoms with E-state index in [1.165, 1.54) is 0 Å². The Hall–Kier alpha value is 0.150. The van der Waals surface area contributed by atoms with Crippen LogP contribution in [0.1, 0.15) is 32.6 Å². The van der Waals surface area contributed by atoms with Crippen molar-refractivity contribution in [2.24, 2.45) is 5.73 Å². The van der Waals surface area contributed by atoms with Crippen LogP contribution in [0.3, 0.4) is 0 Å². The maximum atomic E-state index is 12.5. The van der Waals surface area contributed by atoms with Crippen LogP contribution in [0.4, 0.5) is 0 Å². The van der Waals surface area contributed by atoms with Gasteiger partial charge in [0, 0.05) is 18.3 Å². The van der Waals surface area contributed by atoms with Gasteiger partial charge in [-0.1, -0.05) is 19.1 Å². The van der Waals surface area contributed by atoms with E-state index in [1.54, 1.807) is 4.31 Å². The number of thiocarbonyl (C=S) groups is 1. The van der Waals surface area contributed by atoms with Crippen LogP contribution in [0.2, 0.25) is 0 Å². The second-order valence-electron chi connectivity index (χ2n) is 4.53. The fourth-order valence-electron chi connectivity index (χ4n) is 2.27. The third-order valence-electron chi connectivity index (χ3n) is 3.37. The lowest BCUT2D eigenvalue weighted by Crippen LogP contribution is -2.44. The van der Waals surface area contributed by atoms with Crippen LogP contribution in [-0.2, 0) is 10.0 Å². The second-order valence-corrected chi connectivity index (χ2v) is 8.26. The molecular weight excluding hydrogens is 288 g/mol. The van der Waals surface area contributed by atoms with Gasteiger partial charge in [0.15, 0.2) is 0 Å². The van der Waals surface area contributed by atoms with Gasteiger partial charge in [0.2, 0.25) is 10.0 Å². The molecule has 0 aromatic rings. The molecule has 0 aliphatic carbocycles.